The summed E-state index contributed by atoms with van der Waals surface area (Å²) < 4.78 is 4.61. The molecule has 0 fully saturated rings. The van der Waals surface area contributed by atoms with Crippen LogP contribution in [0.3, 0.4) is 0 Å². The van der Waals surface area contributed by atoms with Gasteiger partial charge in [0.2, 0.25) is 0 Å². The number of methoxy groups -OCH3 is 1. The van der Waals surface area contributed by atoms with Crippen molar-refractivity contribution in [1.29, 1.82) is 0 Å². The SMILES string of the molecule is CCCC(C)SC(C)CC(=O)OC. The van der Waals surface area contributed by atoms with Crippen molar-refractivity contribution in [2.75, 3.05) is 7.11 Å². The van der Waals surface area contributed by atoms with Crippen LogP contribution >= 0.6 is 11.8 Å². The Morgan fingerprint density at radius 1 is 1.38 bits per heavy atom. The van der Waals surface area contributed by atoms with Crippen LogP contribution in [-0.2, 0) is 9.53 Å². The molecule has 2 nitrogen and oxygen atoms in total. The number of hydrogen-bond acceptors (Lipinski definition) is 3. The molecule has 0 spiro atoms. The van der Waals surface area contributed by atoms with Gasteiger partial charge in [-0.1, -0.05) is 27.2 Å². The Hall–Kier alpha value is -0.180. The van der Waals surface area contributed by atoms with E-state index in [1.807, 2.05) is 11.8 Å². The molecule has 3 heteroatoms. The lowest BCUT2D eigenvalue weighted by Gasteiger charge is -2.15. The molecule has 0 aliphatic carbocycles. The number of thioether (sulfide) groups is 1. The van der Waals surface area contributed by atoms with Crippen molar-refractivity contribution < 1.29 is 9.53 Å². The minimum absolute atomic E-state index is 0.108. The van der Waals surface area contributed by atoms with E-state index in [4.69, 9.17) is 0 Å². The molecule has 0 aliphatic heterocycles. The van der Waals surface area contributed by atoms with E-state index in [0.29, 0.717) is 16.9 Å². The first-order valence-corrected chi connectivity index (χ1v) is 5.76. The van der Waals surface area contributed by atoms with Gasteiger partial charge < -0.3 is 4.74 Å². The van der Waals surface area contributed by atoms with Crippen molar-refractivity contribution in [3.8, 4) is 0 Å². The number of carbonyl (C=O) groups excluding carboxylic acids is 1. The van der Waals surface area contributed by atoms with Gasteiger partial charge in [-0.25, -0.2) is 0 Å². The fourth-order valence-electron chi connectivity index (χ4n) is 1.24. The van der Waals surface area contributed by atoms with Crippen LogP contribution in [0.1, 0.15) is 40.0 Å². The molecular weight excluding hydrogens is 184 g/mol. The fourth-order valence-corrected chi connectivity index (χ4v) is 2.63. The molecule has 0 radical (unpaired) electrons. The van der Waals surface area contributed by atoms with E-state index in [1.165, 1.54) is 20.0 Å². The van der Waals surface area contributed by atoms with Gasteiger partial charge in [0.25, 0.3) is 0 Å². The Morgan fingerprint density at radius 2 is 2.00 bits per heavy atom. The lowest BCUT2D eigenvalue weighted by Crippen LogP contribution is -2.11. The molecule has 0 aliphatic rings. The second kappa shape index (κ2) is 7.25. The van der Waals surface area contributed by atoms with E-state index in [2.05, 4.69) is 25.5 Å². The molecule has 0 aromatic rings. The average Bonchev–Trinajstić information content (AvgIpc) is 2.04. The highest BCUT2D eigenvalue weighted by molar-refractivity contribution is 8.00. The van der Waals surface area contributed by atoms with Crippen LogP contribution in [0.5, 0.6) is 0 Å². The molecule has 78 valence electrons. The zero-order valence-corrected chi connectivity index (χ0v) is 9.82. The van der Waals surface area contributed by atoms with Crippen molar-refractivity contribution in [2.45, 2.75) is 50.5 Å². The molecule has 0 N–H and O–H groups in total. The summed E-state index contributed by atoms with van der Waals surface area (Å²) in [4.78, 5) is 10.9. The summed E-state index contributed by atoms with van der Waals surface area (Å²) in [5, 5.41) is 1.01. The third-order valence-corrected chi connectivity index (χ3v) is 3.17. The highest BCUT2D eigenvalue weighted by Crippen LogP contribution is 2.23. The molecule has 0 amide bonds. The van der Waals surface area contributed by atoms with Crippen molar-refractivity contribution in [1.82, 2.24) is 0 Å². The van der Waals surface area contributed by atoms with Crippen LogP contribution in [0.4, 0.5) is 0 Å². The summed E-state index contributed by atoms with van der Waals surface area (Å²) in [5.41, 5.74) is 0. The molecule has 0 bridgehead atoms. The van der Waals surface area contributed by atoms with E-state index >= 15 is 0 Å². The van der Waals surface area contributed by atoms with E-state index in [1.54, 1.807) is 0 Å². The molecule has 0 aromatic heterocycles. The van der Waals surface area contributed by atoms with Gasteiger partial charge in [0.05, 0.1) is 13.5 Å². The van der Waals surface area contributed by atoms with Gasteiger partial charge >= 0.3 is 5.97 Å². The van der Waals surface area contributed by atoms with Crippen molar-refractivity contribution in [2.24, 2.45) is 0 Å². The quantitative estimate of drug-likeness (QED) is 0.622. The lowest BCUT2D eigenvalue weighted by molar-refractivity contribution is -0.140. The van der Waals surface area contributed by atoms with Gasteiger partial charge in [0.1, 0.15) is 0 Å². The molecular formula is C10H20O2S. The summed E-state index contributed by atoms with van der Waals surface area (Å²) in [5.74, 6) is -0.108. The minimum atomic E-state index is -0.108. The number of carbonyl (C=O) groups is 1. The molecule has 2 atom stereocenters. The van der Waals surface area contributed by atoms with Crippen molar-refractivity contribution >= 4 is 17.7 Å². The van der Waals surface area contributed by atoms with Gasteiger partial charge in [-0.15, -0.1) is 0 Å². The summed E-state index contributed by atoms with van der Waals surface area (Å²) >= 11 is 1.87. The summed E-state index contributed by atoms with van der Waals surface area (Å²) in [6.45, 7) is 6.47. The van der Waals surface area contributed by atoms with E-state index in [-0.39, 0.29) is 5.97 Å². The topological polar surface area (TPSA) is 26.3 Å². The first kappa shape index (κ1) is 12.8. The van der Waals surface area contributed by atoms with Crippen LogP contribution < -0.4 is 0 Å². The highest BCUT2D eigenvalue weighted by Gasteiger charge is 2.12. The Bertz CT molecular complexity index is 148. The van der Waals surface area contributed by atoms with Gasteiger partial charge in [-0.05, 0) is 6.42 Å². The number of rotatable bonds is 6. The summed E-state index contributed by atoms with van der Waals surface area (Å²) in [7, 11) is 1.44. The smallest absolute Gasteiger partial charge is 0.306 e. The second-order valence-electron chi connectivity index (χ2n) is 3.33. The molecule has 0 heterocycles. The van der Waals surface area contributed by atoms with Crippen LogP contribution in [0.2, 0.25) is 0 Å². The standard InChI is InChI=1S/C10H20O2S/c1-5-6-8(2)13-9(3)7-10(11)12-4/h8-9H,5-7H2,1-4H3. The van der Waals surface area contributed by atoms with Crippen LogP contribution in [-0.4, -0.2) is 23.6 Å². The number of esters is 1. The Labute approximate surface area is 85.4 Å². The van der Waals surface area contributed by atoms with Gasteiger partial charge in [0, 0.05) is 10.5 Å². The van der Waals surface area contributed by atoms with E-state index in [0.717, 1.165) is 0 Å². The average molecular weight is 204 g/mol. The van der Waals surface area contributed by atoms with Crippen molar-refractivity contribution in [3.63, 3.8) is 0 Å². The molecule has 2 unspecified atom stereocenters. The minimum Gasteiger partial charge on any atom is -0.469 e. The first-order valence-electron chi connectivity index (χ1n) is 4.82. The van der Waals surface area contributed by atoms with E-state index in [9.17, 15) is 4.79 Å². The maximum atomic E-state index is 10.9. The maximum Gasteiger partial charge on any atom is 0.306 e. The van der Waals surface area contributed by atoms with Crippen LogP contribution in [0.15, 0.2) is 0 Å². The largest absolute Gasteiger partial charge is 0.469 e. The molecule has 0 rings (SSSR count). The Morgan fingerprint density at radius 3 is 2.46 bits per heavy atom. The highest BCUT2D eigenvalue weighted by atomic mass is 32.2. The number of hydrogen-bond donors (Lipinski definition) is 0. The maximum absolute atomic E-state index is 10.9. The predicted octanol–water partition coefficient (Wildman–Crippen LogP) is 2.86. The summed E-state index contributed by atoms with van der Waals surface area (Å²) in [6, 6.07) is 0. The molecule has 0 saturated carbocycles. The molecule has 0 saturated heterocycles. The monoisotopic (exact) mass is 204 g/mol. The third kappa shape index (κ3) is 6.94. The first-order chi connectivity index (χ1) is 6.10. The molecule has 13 heavy (non-hydrogen) atoms. The predicted molar refractivity (Wildman–Crippen MR) is 58.1 cm³/mol. The lowest BCUT2D eigenvalue weighted by atomic mass is 10.3. The fraction of sp³-hybridized carbons (Fsp3) is 0.900. The Kier molecular flexibility index (Phi) is 7.14. The van der Waals surface area contributed by atoms with Gasteiger partial charge in [-0.3, -0.25) is 4.79 Å². The third-order valence-electron chi connectivity index (χ3n) is 1.84. The van der Waals surface area contributed by atoms with Gasteiger partial charge in [-0.2, -0.15) is 11.8 Å². The zero-order valence-electron chi connectivity index (χ0n) is 9.00. The van der Waals surface area contributed by atoms with Gasteiger partial charge in [0.15, 0.2) is 0 Å². The van der Waals surface area contributed by atoms with Crippen LogP contribution in [0, 0.1) is 0 Å². The number of ether oxygens (including phenoxy) is 1. The normalized spacial score (nSPS) is 15.1. The van der Waals surface area contributed by atoms with E-state index < -0.39 is 0 Å². The second-order valence-corrected chi connectivity index (χ2v) is 5.21. The van der Waals surface area contributed by atoms with Crippen molar-refractivity contribution in [3.05, 3.63) is 0 Å². The molecule has 0 aromatic carbocycles. The van der Waals surface area contributed by atoms with Crippen LogP contribution in [0.25, 0.3) is 0 Å². The zero-order chi connectivity index (χ0) is 10.3. The Balaban J connectivity index is 3.60. The summed E-state index contributed by atoms with van der Waals surface area (Å²) in [6.07, 6.45) is 2.95.